The highest BCUT2D eigenvalue weighted by molar-refractivity contribution is 7.80. The summed E-state index contributed by atoms with van der Waals surface area (Å²) in [7, 11) is 0. The molecule has 2 N–H and O–H groups in total. The first kappa shape index (κ1) is 20.5. The van der Waals surface area contributed by atoms with Gasteiger partial charge in [0.2, 0.25) is 0 Å². The van der Waals surface area contributed by atoms with Crippen molar-refractivity contribution in [3.8, 4) is 5.75 Å². The summed E-state index contributed by atoms with van der Waals surface area (Å²) in [6, 6.07) is 15.0. The molecule has 0 saturated carbocycles. The lowest BCUT2D eigenvalue weighted by Crippen LogP contribution is -2.20. The zero-order valence-corrected chi connectivity index (χ0v) is 17.8. The van der Waals surface area contributed by atoms with E-state index in [4.69, 9.17) is 40.2 Å². The summed E-state index contributed by atoms with van der Waals surface area (Å²) in [5, 5.41) is 12.5. The Morgan fingerprint density at radius 2 is 1.93 bits per heavy atom. The molecule has 5 nitrogen and oxygen atoms in total. The van der Waals surface area contributed by atoms with Crippen LogP contribution in [0, 0.1) is 6.92 Å². The van der Waals surface area contributed by atoms with Gasteiger partial charge in [0.15, 0.2) is 10.9 Å². The predicted molar refractivity (Wildman–Crippen MR) is 120 cm³/mol. The maximum atomic E-state index is 6.27. The van der Waals surface area contributed by atoms with E-state index in [0.717, 1.165) is 22.7 Å². The monoisotopic (exact) mass is 434 g/mol. The van der Waals surface area contributed by atoms with Crippen LogP contribution in [0.25, 0.3) is 0 Å². The molecule has 1 aromatic heterocycles. The van der Waals surface area contributed by atoms with Gasteiger partial charge in [-0.05, 0) is 55.9 Å². The number of hydrogen-bond donors (Lipinski definition) is 2. The highest BCUT2D eigenvalue weighted by atomic mass is 35.5. The molecule has 8 heteroatoms. The van der Waals surface area contributed by atoms with Crippen LogP contribution in [0.3, 0.4) is 0 Å². The first-order valence-corrected chi connectivity index (χ1v) is 9.91. The lowest BCUT2D eigenvalue weighted by Gasteiger charge is -2.13. The minimum atomic E-state index is 0.432. The number of para-hydroxylation sites is 2. The number of hydrogen-bond acceptors (Lipinski definition) is 3. The number of rotatable bonds is 6. The van der Waals surface area contributed by atoms with Crippen LogP contribution >= 0.6 is 35.4 Å². The molecular formula is C20H20Cl2N4OS. The molecule has 0 aliphatic carbocycles. The smallest absolute Gasteiger partial charge is 0.176 e. The van der Waals surface area contributed by atoms with E-state index in [2.05, 4.69) is 15.7 Å². The molecule has 0 saturated heterocycles. The van der Waals surface area contributed by atoms with E-state index in [0.29, 0.717) is 34.1 Å². The molecule has 0 spiro atoms. The van der Waals surface area contributed by atoms with Gasteiger partial charge in [0.05, 0.1) is 18.8 Å². The first-order chi connectivity index (χ1) is 13.5. The average molecular weight is 435 g/mol. The average Bonchev–Trinajstić information content (AvgIpc) is 2.98. The molecule has 3 rings (SSSR count). The van der Waals surface area contributed by atoms with E-state index in [1.54, 1.807) is 6.07 Å². The SMILES string of the molecule is CCOc1ccccc1NC(=S)Nc1cc(C)n(Cc2ccc(Cl)cc2Cl)n1. The van der Waals surface area contributed by atoms with Crippen molar-refractivity contribution in [1.82, 2.24) is 9.78 Å². The van der Waals surface area contributed by atoms with Crippen molar-refractivity contribution in [2.24, 2.45) is 0 Å². The van der Waals surface area contributed by atoms with Crippen molar-refractivity contribution in [2.45, 2.75) is 20.4 Å². The van der Waals surface area contributed by atoms with Crippen LogP contribution in [0.15, 0.2) is 48.5 Å². The van der Waals surface area contributed by atoms with Gasteiger partial charge < -0.3 is 15.4 Å². The molecule has 0 aliphatic rings. The molecule has 0 amide bonds. The van der Waals surface area contributed by atoms with Crippen LogP contribution in [0.2, 0.25) is 10.0 Å². The van der Waals surface area contributed by atoms with Crippen molar-refractivity contribution in [3.05, 3.63) is 69.8 Å². The summed E-state index contributed by atoms with van der Waals surface area (Å²) in [6.45, 7) is 5.03. The molecule has 2 aromatic carbocycles. The van der Waals surface area contributed by atoms with Gasteiger partial charge in [-0.2, -0.15) is 5.10 Å². The van der Waals surface area contributed by atoms with Gasteiger partial charge in [-0.3, -0.25) is 4.68 Å². The molecule has 3 aromatic rings. The van der Waals surface area contributed by atoms with Crippen molar-refractivity contribution in [3.63, 3.8) is 0 Å². The maximum absolute atomic E-state index is 6.27. The molecule has 1 heterocycles. The fraction of sp³-hybridized carbons (Fsp3) is 0.200. The number of nitrogens with zero attached hydrogens (tertiary/aromatic N) is 2. The Kier molecular flexibility index (Phi) is 6.78. The number of anilines is 2. The lowest BCUT2D eigenvalue weighted by atomic mass is 10.2. The fourth-order valence-corrected chi connectivity index (χ4v) is 3.35. The van der Waals surface area contributed by atoms with E-state index in [1.807, 2.05) is 61.0 Å². The van der Waals surface area contributed by atoms with E-state index in [1.165, 1.54) is 0 Å². The molecule has 28 heavy (non-hydrogen) atoms. The van der Waals surface area contributed by atoms with Crippen LogP contribution in [0.5, 0.6) is 5.75 Å². The molecule has 0 fully saturated rings. The Hall–Kier alpha value is -2.28. The number of ether oxygens (including phenoxy) is 1. The Balaban J connectivity index is 1.68. The van der Waals surface area contributed by atoms with E-state index in [-0.39, 0.29) is 0 Å². The number of halogens is 2. The highest BCUT2D eigenvalue weighted by Crippen LogP contribution is 2.25. The molecule has 0 unspecified atom stereocenters. The standard InChI is InChI=1S/C20H20Cl2N4OS/c1-3-27-18-7-5-4-6-17(18)23-20(28)24-19-10-13(2)26(25-19)12-14-8-9-15(21)11-16(14)22/h4-11H,3,12H2,1-2H3,(H2,23,24,25,28). The van der Waals surface area contributed by atoms with Crippen LogP contribution in [-0.4, -0.2) is 21.5 Å². The van der Waals surface area contributed by atoms with Gasteiger partial charge in [-0.25, -0.2) is 0 Å². The van der Waals surface area contributed by atoms with Gasteiger partial charge in [0.25, 0.3) is 0 Å². The third-order valence-corrected chi connectivity index (χ3v) is 4.78. The second-order valence-electron chi connectivity index (χ2n) is 6.07. The predicted octanol–water partition coefficient (Wildman–Crippen LogP) is 5.75. The fourth-order valence-electron chi connectivity index (χ4n) is 2.66. The minimum Gasteiger partial charge on any atom is -0.492 e. The molecule has 0 aliphatic heterocycles. The Morgan fingerprint density at radius 3 is 2.68 bits per heavy atom. The Morgan fingerprint density at radius 1 is 1.14 bits per heavy atom. The molecular weight excluding hydrogens is 415 g/mol. The zero-order chi connectivity index (χ0) is 20.1. The normalized spacial score (nSPS) is 10.6. The quantitative estimate of drug-likeness (QED) is 0.483. The highest BCUT2D eigenvalue weighted by Gasteiger charge is 2.10. The van der Waals surface area contributed by atoms with Crippen molar-refractivity contribution >= 4 is 52.0 Å². The Labute approximate surface area is 179 Å². The number of aryl methyl sites for hydroxylation is 1. The molecule has 146 valence electrons. The topological polar surface area (TPSA) is 51.1 Å². The summed E-state index contributed by atoms with van der Waals surface area (Å²) >= 11 is 17.6. The summed E-state index contributed by atoms with van der Waals surface area (Å²) in [4.78, 5) is 0. The van der Waals surface area contributed by atoms with Gasteiger partial charge in [0, 0.05) is 21.8 Å². The second-order valence-corrected chi connectivity index (χ2v) is 7.32. The summed E-state index contributed by atoms with van der Waals surface area (Å²) in [5.74, 6) is 1.39. The van der Waals surface area contributed by atoms with E-state index < -0.39 is 0 Å². The van der Waals surface area contributed by atoms with E-state index in [9.17, 15) is 0 Å². The second kappa shape index (κ2) is 9.28. The summed E-state index contributed by atoms with van der Waals surface area (Å²) < 4.78 is 7.46. The minimum absolute atomic E-state index is 0.432. The van der Waals surface area contributed by atoms with Crippen molar-refractivity contribution in [2.75, 3.05) is 17.2 Å². The van der Waals surface area contributed by atoms with Crippen LogP contribution in [0.4, 0.5) is 11.5 Å². The van der Waals surface area contributed by atoms with Crippen LogP contribution in [-0.2, 0) is 6.54 Å². The number of benzene rings is 2. The zero-order valence-electron chi connectivity index (χ0n) is 15.5. The summed E-state index contributed by atoms with van der Waals surface area (Å²) in [6.07, 6.45) is 0. The van der Waals surface area contributed by atoms with Crippen LogP contribution in [0.1, 0.15) is 18.2 Å². The van der Waals surface area contributed by atoms with E-state index >= 15 is 0 Å². The summed E-state index contributed by atoms with van der Waals surface area (Å²) in [5.41, 5.74) is 2.71. The molecule has 0 atom stereocenters. The number of nitrogens with one attached hydrogen (secondary N) is 2. The van der Waals surface area contributed by atoms with Gasteiger partial charge >= 0.3 is 0 Å². The van der Waals surface area contributed by atoms with Crippen LogP contribution < -0.4 is 15.4 Å². The van der Waals surface area contributed by atoms with Crippen molar-refractivity contribution in [1.29, 1.82) is 0 Å². The maximum Gasteiger partial charge on any atom is 0.176 e. The largest absolute Gasteiger partial charge is 0.492 e. The van der Waals surface area contributed by atoms with Gasteiger partial charge in [-0.15, -0.1) is 0 Å². The number of thiocarbonyl (C=S) groups is 1. The third kappa shape index (κ3) is 5.16. The number of aromatic nitrogens is 2. The van der Waals surface area contributed by atoms with Gasteiger partial charge in [0.1, 0.15) is 5.75 Å². The molecule has 0 radical (unpaired) electrons. The first-order valence-electron chi connectivity index (χ1n) is 8.74. The Bertz CT molecular complexity index is 990. The lowest BCUT2D eigenvalue weighted by molar-refractivity contribution is 0.342. The van der Waals surface area contributed by atoms with Gasteiger partial charge in [-0.1, -0.05) is 41.4 Å². The third-order valence-electron chi connectivity index (χ3n) is 3.99. The molecule has 0 bridgehead atoms. The van der Waals surface area contributed by atoms with Crippen molar-refractivity contribution < 1.29 is 4.74 Å².